The van der Waals surface area contributed by atoms with Crippen LogP contribution < -0.4 is 0 Å². The van der Waals surface area contributed by atoms with Gasteiger partial charge in [-0.25, -0.2) is 5.06 Å². The van der Waals surface area contributed by atoms with Crippen LogP contribution in [-0.2, 0) is 16.1 Å². The molecule has 0 aliphatic carbocycles. The van der Waals surface area contributed by atoms with Crippen LogP contribution in [0.2, 0.25) is 0 Å². The van der Waals surface area contributed by atoms with Gasteiger partial charge in [0, 0.05) is 12.4 Å². The molecule has 0 saturated carbocycles. The van der Waals surface area contributed by atoms with Gasteiger partial charge in [-0.3, -0.25) is 14.6 Å². The summed E-state index contributed by atoms with van der Waals surface area (Å²) in [7, 11) is 0. The number of rotatable bonds is 6. The number of pyridine rings is 1. The van der Waals surface area contributed by atoms with Crippen molar-refractivity contribution in [2.24, 2.45) is 0 Å². The lowest BCUT2D eigenvalue weighted by Crippen LogP contribution is -2.24. The Balaban J connectivity index is 2.35. The van der Waals surface area contributed by atoms with Gasteiger partial charge in [-0.05, 0) is 31.0 Å². The number of hydrogen-bond acceptors (Lipinski definition) is 3. The van der Waals surface area contributed by atoms with Crippen molar-refractivity contribution in [3.05, 3.63) is 30.1 Å². The summed E-state index contributed by atoms with van der Waals surface area (Å²) in [6, 6.07) is 3.85. The minimum absolute atomic E-state index is 0.509. The number of hydrogen-bond donors (Lipinski definition) is 0. The van der Waals surface area contributed by atoms with Crippen LogP contribution in [0.15, 0.2) is 24.5 Å². The molecule has 0 radical (unpaired) electrons. The van der Waals surface area contributed by atoms with Gasteiger partial charge in [-0.2, -0.15) is 0 Å². The lowest BCUT2D eigenvalue weighted by Gasteiger charge is -2.15. The van der Waals surface area contributed by atoms with Gasteiger partial charge in [0.1, 0.15) is 0 Å². The molecule has 0 atom stereocenters. The molecule has 0 bridgehead atoms. The monoisotopic (exact) mass is 194 g/mol. The Labute approximate surface area is 83.5 Å². The summed E-state index contributed by atoms with van der Waals surface area (Å²) in [5, 5.41) is 1.31. The molecule has 4 heteroatoms. The van der Waals surface area contributed by atoms with Crippen LogP contribution in [0.1, 0.15) is 12.5 Å². The van der Waals surface area contributed by atoms with E-state index in [2.05, 4.69) is 4.98 Å². The maximum Gasteiger partial charge on any atom is 0.233 e. The maximum absolute atomic E-state index is 10.5. The first-order valence-electron chi connectivity index (χ1n) is 4.60. The first-order chi connectivity index (χ1) is 6.86. The van der Waals surface area contributed by atoms with E-state index < -0.39 is 0 Å². The highest BCUT2D eigenvalue weighted by Gasteiger charge is 2.00. The number of carbonyl (C=O) groups is 1. The molecular formula is C10H14N2O2. The number of nitrogens with zero attached hydrogens (tertiary/aromatic N) is 2. The largest absolute Gasteiger partial charge is 0.276 e. The van der Waals surface area contributed by atoms with Gasteiger partial charge >= 0.3 is 0 Å². The summed E-state index contributed by atoms with van der Waals surface area (Å²) in [4.78, 5) is 19.5. The lowest BCUT2D eigenvalue weighted by atomic mass is 10.2. The quantitative estimate of drug-likeness (QED) is 0.502. The molecular weight excluding hydrogens is 180 g/mol. The van der Waals surface area contributed by atoms with E-state index in [0.717, 1.165) is 12.0 Å². The number of amides is 1. The van der Waals surface area contributed by atoms with Gasteiger partial charge in [0.15, 0.2) is 0 Å². The molecule has 1 amide bonds. The average Bonchev–Trinajstić information content (AvgIpc) is 2.25. The summed E-state index contributed by atoms with van der Waals surface area (Å²) in [5.41, 5.74) is 1.14. The predicted molar refractivity (Wildman–Crippen MR) is 52.3 cm³/mol. The molecule has 0 unspecified atom stereocenters. The molecule has 1 aromatic heterocycles. The molecule has 1 aromatic rings. The normalized spacial score (nSPS) is 9.79. The lowest BCUT2D eigenvalue weighted by molar-refractivity contribution is -0.169. The Bertz CT molecular complexity index is 264. The zero-order chi connectivity index (χ0) is 10.2. The van der Waals surface area contributed by atoms with Gasteiger partial charge in [-0.1, -0.05) is 0 Å². The molecule has 1 heterocycles. The molecule has 0 saturated heterocycles. The van der Waals surface area contributed by atoms with Crippen LogP contribution in [-0.4, -0.2) is 29.6 Å². The SMILES string of the molecule is CCON(C=O)CCc1ccncc1. The van der Waals surface area contributed by atoms with E-state index in [0.29, 0.717) is 19.6 Å². The van der Waals surface area contributed by atoms with E-state index in [9.17, 15) is 4.79 Å². The highest BCUT2D eigenvalue weighted by Crippen LogP contribution is 1.99. The highest BCUT2D eigenvalue weighted by molar-refractivity contribution is 5.45. The Morgan fingerprint density at radius 1 is 1.50 bits per heavy atom. The molecule has 0 aliphatic heterocycles. The van der Waals surface area contributed by atoms with Crippen molar-refractivity contribution in [2.45, 2.75) is 13.3 Å². The first kappa shape index (κ1) is 10.7. The third-order valence-corrected chi connectivity index (χ3v) is 1.78. The van der Waals surface area contributed by atoms with Crippen molar-refractivity contribution in [3.63, 3.8) is 0 Å². The Hall–Kier alpha value is -1.42. The van der Waals surface area contributed by atoms with Crippen LogP contribution in [0, 0.1) is 0 Å². The Morgan fingerprint density at radius 3 is 2.79 bits per heavy atom. The Morgan fingerprint density at radius 2 is 2.21 bits per heavy atom. The molecule has 0 aliphatic rings. The second-order valence-corrected chi connectivity index (χ2v) is 2.77. The van der Waals surface area contributed by atoms with Crippen molar-refractivity contribution < 1.29 is 9.63 Å². The fourth-order valence-corrected chi connectivity index (χ4v) is 1.10. The van der Waals surface area contributed by atoms with Crippen LogP contribution in [0.3, 0.4) is 0 Å². The number of aromatic nitrogens is 1. The molecule has 1 rings (SSSR count). The molecule has 76 valence electrons. The molecule has 0 aromatic carbocycles. The van der Waals surface area contributed by atoms with E-state index in [4.69, 9.17) is 4.84 Å². The molecule has 0 spiro atoms. The van der Waals surface area contributed by atoms with Gasteiger partial charge in [0.25, 0.3) is 0 Å². The van der Waals surface area contributed by atoms with Crippen molar-refractivity contribution in [3.8, 4) is 0 Å². The fraction of sp³-hybridized carbons (Fsp3) is 0.400. The smallest absolute Gasteiger partial charge is 0.233 e. The third-order valence-electron chi connectivity index (χ3n) is 1.78. The van der Waals surface area contributed by atoms with Crippen molar-refractivity contribution in [1.29, 1.82) is 0 Å². The fourth-order valence-electron chi connectivity index (χ4n) is 1.10. The first-order valence-corrected chi connectivity index (χ1v) is 4.60. The highest BCUT2D eigenvalue weighted by atomic mass is 16.7. The average molecular weight is 194 g/mol. The van der Waals surface area contributed by atoms with Crippen LogP contribution in [0.25, 0.3) is 0 Å². The van der Waals surface area contributed by atoms with Crippen molar-refractivity contribution >= 4 is 6.41 Å². The molecule has 0 fully saturated rings. The maximum atomic E-state index is 10.5. The summed E-state index contributed by atoms with van der Waals surface area (Å²) in [5.74, 6) is 0. The minimum atomic E-state index is 0.509. The molecule has 4 nitrogen and oxygen atoms in total. The summed E-state index contributed by atoms with van der Waals surface area (Å²) >= 11 is 0. The Kier molecular flexibility index (Phi) is 4.64. The molecule has 0 N–H and O–H groups in total. The topological polar surface area (TPSA) is 42.4 Å². The number of hydroxylamine groups is 2. The standard InChI is InChI=1S/C10H14N2O2/c1-2-14-12(9-13)8-5-10-3-6-11-7-4-10/h3-4,6-7,9H,2,5,8H2,1H3. The zero-order valence-corrected chi connectivity index (χ0v) is 8.22. The summed E-state index contributed by atoms with van der Waals surface area (Å²) < 4.78 is 0. The zero-order valence-electron chi connectivity index (χ0n) is 8.22. The second kappa shape index (κ2) is 6.10. The number of carbonyl (C=O) groups excluding carboxylic acids is 1. The van der Waals surface area contributed by atoms with Crippen molar-refractivity contribution in [1.82, 2.24) is 10.0 Å². The minimum Gasteiger partial charge on any atom is -0.276 e. The van der Waals surface area contributed by atoms with Gasteiger partial charge in [-0.15, -0.1) is 0 Å². The summed E-state index contributed by atoms with van der Waals surface area (Å²) in [6.07, 6.45) is 4.95. The van der Waals surface area contributed by atoms with Gasteiger partial charge in [0.05, 0.1) is 13.2 Å². The van der Waals surface area contributed by atoms with Crippen molar-refractivity contribution in [2.75, 3.05) is 13.2 Å². The van der Waals surface area contributed by atoms with E-state index in [1.807, 2.05) is 19.1 Å². The van der Waals surface area contributed by atoms with E-state index in [-0.39, 0.29) is 0 Å². The summed E-state index contributed by atoms with van der Waals surface area (Å²) in [6.45, 7) is 2.93. The second-order valence-electron chi connectivity index (χ2n) is 2.77. The molecule has 14 heavy (non-hydrogen) atoms. The van der Waals surface area contributed by atoms with Crippen LogP contribution >= 0.6 is 0 Å². The van der Waals surface area contributed by atoms with Gasteiger partial charge in [0.2, 0.25) is 6.41 Å². The third kappa shape index (κ3) is 3.53. The van der Waals surface area contributed by atoms with Gasteiger partial charge < -0.3 is 0 Å². The van der Waals surface area contributed by atoms with E-state index in [1.165, 1.54) is 5.06 Å². The van der Waals surface area contributed by atoms with E-state index >= 15 is 0 Å². The van der Waals surface area contributed by atoms with Crippen LogP contribution in [0.5, 0.6) is 0 Å². The van der Waals surface area contributed by atoms with E-state index in [1.54, 1.807) is 12.4 Å². The predicted octanol–water partition coefficient (Wildman–Crippen LogP) is 1.03. The van der Waals surface area contributed by atoms with Crippen LogP contribution in [0.4, 0.5) is 0 Å².